The Morgan fingerprint density at radius 2 is 1.76 bits per heavy atom. The maximum Gasteiger partial charge on any atom is 0.242 e. The summed E-state index contributed by atoms with van der Waals surface area (Å²) < 4.78 is 7.00. The number of piperazine rings is 1. The summed E-state index contributed by atoms with van der Waals surface area (Å²) in [6.45, 7) is 3.04. The van der Waals surface area contributed by atoms with Gasteiger partial charge in [0.2, 0.25) is 5.91 Å². The molecule has 0 spiro atoms. The zero-order chi connectivity index (χ0) is 20.4. The second-order valence-corrected chi connectivity index (χ2v) is 7.47. The number of ether oxygens (including phenoxy) is 1. The van der Waals surface area contributed by atoms with E-state index in [1.807, 2.05) is 29.2 Å². The summed E-state index contributed by atoms with van der Waals surface area (Å²) in [6, 6.07) is 14.6. The molecule has 2 aromatic carbocycles. The SMILES string of the molecule is COc1ccc(N2CCN(C(=O)Cn3ccc(=O)c4ccc(Cl)cc43)CC2)cc1. The smallest absolute Gasteiger partial charge is 0.242 e. The van der Waals surface area contributed by atoms with Gasteiger partial charge < -0.3 is 19.1 Å². The molecule has 0 aliphatic carbocycles. The molecule has 1 aromatic heterocycles. The van der Waals surface area contributed by atoms with Crippen LogP contribution in [0.15, 0.2) is 59.5 Å². The van der Waals surface area contributed by atoms with E-state index in [-0.39, 0.29) is 17.9 Å². The fraction of sp³-hybridized carbons (Fsp3) is 0.273. The van der Waals surface area contributed by atoms with Crippen molar-refractivity contribution in [3.8, 4) is 5.75 Å². The third-order valence-electron chi connectivity index (χ3n) is 5.32. The van der Waals surface area contributed by atoms with Gasteiger partial charge in [-0.05, 0) is 42.5 Å². The lowest BCUT2D eigenvalue weighted by Gasteiger charge is -2.36. The van der Waals surface area contributed by atoms with E-state index >= 15 is 0 Å². The van der Waals surface area contributed by atoms with Crippen molar-refractivity contribution < 1.29 is 9.53 Å². The van der Waals surface area contributed by atoms with Crippen LogP contribution in [0.25, 0.3) is 10.9 Å². The van der Waals surface area contributed by atoms with E-state index in [0.717, 1.165) is 24.5 Å². The molecule has 3 aromatic rings. The number of nitrogens with zero attached hydrogens (tertiary/aromatic N) is 3. The molecule has 1 saturated heterocycles. The van der Waals surface area contributed by atoms with E-state index in [0.29, 0.717) is 29.0 Å². The standard InChI is InChI=1S/C22H22ClN3O3/c1-29-18-5-3-17(4-6-18)24-10-12-25(13-11-24)22(28)15-26-9-8-21(27)19-7-2-16(23)14-20(19)26/h2-9,14H,10-13,15H2,1H3. The Balaban J connectivity index is 1.44. The minimum atomic E-state index is -0.0755. The molecular weight excluding hydrogens is 390 g/mol. The average molecular weight is 412 g/mol. The highest BCUT2D eigenvalue weighted by atomic mass is 35.5. The van der Waals surface area contributed by atoms with Gasteiger partial charge in [-0.15, -0.1) is 0 Å². The number of benzene rings is 2. The topological polar surface area (TPSA) is 54.8 Å². The van der Waals surface area contributed by atoms with Gasteiger partial charge in [-0.25, -0.2) is 0 Å². The number of aromatic nitrogens is 1. The molecule has 6 nitrogen and oxygen atoms in total. The average Bonchev–Trinajstić information content (AvgIpc) is 2.76. The van der Waals surface area contributed by atoms with E-state index in [4.69, 9.17) is 16.3 Å². The van der Waals surface area contributed by atoms with Crippen LogP contribution in [0.1, 0.15) is 0 Å². The lowest BCUT2D eigenvalue weighted by Crippen LogP contribution is -2.49. The molecule has 2 heterocycles. The van der Waals surface area contributed by atoms with Gasteiger partial charge in [-0.1, -0.05) is 11.6 Å². The van der Waals surface area contributed by atoms with E-state index in [9.17, 15) is 9.59 Å². The van der Waals surface area contributed by atoms with Gasteiger partial charge in [-0.3, -0.25) is 9.59 Å². The van der Waals surface area contributed by atoms with Crippen LogP contribution in [0, 0.1) is 0 Å². The first-order valence-corrected chi connectivity index (χ1v) is 9.88. The van der Waals surface area contributed by atoms with Gasteiger partial charge in [0.05, 0.1) is 12.6 Å². The minimum absolute atomic E-state index is 0.0318. The molecular formula is C22H22ClN3O3. The van der Waals surface area contributed by atoms with Crippen molar-refractivity contribution in [1.82, 2.24) is 9.47 Å². The molecule has 1 aliphatic heterocycles. The quantitative estimate of drug-likeness (QED) is 0.662. The predicted molar refractivity (Wildman–Crippen MR) is 115 cm³/mol. The van der Waals surface area contributed by atoms with Crippen molar-refractivity contribution in [2.45, 2.75) is 6.54 Å². The molecule has 29 heavy (non-hydrogen) atoms. The Kier molecular flexibility index (Phi) is 5.45. The van der Waals surface area contributed by atoms with Gasteiger partial charge >= 0.3 is 0 Å². The first-order valence-electron chi connectivity index (χ1n) is 9.50. The first kappa shape index (κ1) is 19.3. The van der Waals surface area contributed by atoms with Gasteiger partial charge in [0.15, 0.2) is 5.43 Å². The Morgan fingerprint density at radius 3 is 2.45 bits per heavy atom. The van der Waals surface area contributed by atoms with Crippen molar-refractivity contribution in [3.05, 3.63) is 70.0 Å². The Labute approximate surface area is 173 Å². The molecule has 0 bridgehead atoms. The molecule has 1 aliphatic rings. The van der Waals surface area contributed by atoms with Crippen LogP contribution in [0.4, 0.5) is 5.69 Å². The summed E-state index contributed by atoms with van der Waals surface area (Å²) >= 11 is 6.10. The summed E-state index contributed by atoms with van der Waals surface area (Å²) in [7, 11) is 1.65. The number of carbonyl (C=O) groups is 1. The number of hydrogen-bond donors (Lipinski definition) is 0. The number of amides is 1. The number of methoxy groups -OCH3 is 1. The maximum absolute atomic E-state index is 12.9. The fourth-order valence-electron chi connectivity index (χ4n) is 3.67. The highest BCUT2D eigenvalue weighted by Gasteiger charge is 2.22. The van der Waals surface area contributed by atoms with Crippen LogP contribution >= 0.6 is 11.6 Å². The zero-order valence-corrected chi connectivity index (χ0v) is 16.9. The molecule has 4 rings (SSSR count). The molecule has 0 radical (unpaired) electrons. The summed E-state index contributed by atoms with van der Waals surface area (Å²) in [5.74, 6) is 0.861. The number of anilines is 1. The summed E-state index contributed by atoms with van der Waals surface area (Å²) in [5.41, 5.74) is 1.72. The minimum Gasteiger partial charge on any atom is -0.497 e. The number of carbonyl (C=O) groups excluding carboxylic acids is 1. The number of halogens is 1. The predicted octanol–water partition coefficient (Wildman–Crippen LogP) is 3.01. The van der Waals surface area contributed by atoms with Gasteiger partial charge in [0, 0.05) is 54.5 Å². The van der Waals surface area contributed by atoms with Crippen molar-refractivity contribution in [3.63, 3.8) is 0 Å². The normalized spacial score (nSPS) is 14.3. The second-order valence-electron chi connectivity index (χ2n) is 7.04. The number of fused-ring (bicyclic) bond motifs is 1. The van der Waals surface area contributed by atoms with Gasteiger partial charge in [0.25, 0.3) is 0 Å². The van der Waals surface area contributed by atoms with Crippen LogP contribution in [0.3, 0.4) is 0 Å². The van der Waals surface area contributed by atoms with E-state index < -0.39 is 0 Å². The summed E-state index contributed by atoms with van der Waals surface area (Å²) in [4.78, 5) is 29.1. The number of rotatable bonds is 4. The zero-order valence-electron chi connectivity index (χ0n) is 16.2. The first-order chi connectivity index (χ1) is 14.0. The molecule has 1 fully saturated rings. The Bertz CT molecular complexity index is 1090. The van der Waals surface area contributed by atoms with Gasteiger partial charge in [-0.2, -0.15) is 0 Å². The largest absolute Gasteiger partial charge is 0.497 e. The maximum atomic E-state index is 12.9. The number of hydrogen-bond acceptors (Lipinski definition) is 4. The third kappa shape index (κ3) is 4.07. The van der Waals surface area contributed by atoms with Gasteiger partial charge in [0.1, 0.15) is 12.3 Å². The van der Waals surface area contributed by atoms with Crippen molar-refractivity contribution in [1.29, 1.82) is 0 Å². The van der Waals surface area contributed by atoms with Crippen LogP contribution < -0.4 is 15.1 Å². The lowest BCUT2D eigenvalue weighted by molar-refractivity contribution is -0.132. The van der Waals surface area contributed by atoms with Crippen LogP contribution in [0.2, 0.25) is 5.02 Å². The van der Waals surface area contributed by atoms with Crippen LogP contribution in [-0.2, 0) is 11.3 Å². The number of pyridine rings is 1. The van der Waals surface area contributed by atoms with E-state index in [1.54, 1.807) is 36.1 Å². The second kappa shape index (κ2) is 8.17. The van der Waals surface area contributed by atoms with Crippen LogP contribution in [-0.4, -0.2) is 48.7 Å². The highest BCUT2D eigenvalue weighted by molar-refractivity contribution is 6.31. The summed E-state index contributed by atoms with van der Waals surface area (Å²) in [5, 5.41) is 1.10. The van der Waals surface area contributed by atoms with Crippen molar-refractivity contribution in [2.24, 2.45) is 0 Å². The summed E-state index contributed by atoms with van der Waals surface area (Å²) in [6.07, 6.45) is 1.66. The van der Waals surface area contributed by atoms with Crippen molar-refractivity contribution >= 4 is 34.1 Å². The van der Waals surface area contributed by atoms with Crippen molar-refractivity contribution in [2.75, 3.05) is 38.2 Å². The molecule has 0 N–H and O–H groups in total. The molecule has 150 valence electrons. The Morgan fingerprint density at radius 1 is 1.03 bits per heavy atom. The van der Waals surface area contributed by atoms with E-state index in [1.165, 1.54) is 6.07 Å². The molecule has 0 saturated carbocycles. The third-order valence-corrected chi connectivity index (χ3v) is 5.55. The highest BCUT2D eigenvalue weighted by Crippen LogP contribution is 2.21. The molecule has 1 amide bonds. The fourth-order valence-corrected chi connectivity index (χ4v) is 3.84. The van der Waals surface area contributed by atoms with Crippen LogP contribution in [0.5, 0.6) is 5.75 Å². The lowest BCUT2D eigenvalue weighted by atomic mass is 10.2. The molecule has 0 unspecified atom stereocenters. The molecule has 7 heteroatoms. The van der Waals surface area contributed by atoms with E-state index in [2.05, 4.69) is 4.90 Å². The monoisotopic (exact) mass is 411 g/mol. The Hall–Kier alpha value is -2.99. The molecule has 0 atom stereocenters.